The van der Waals surface area contributed by atoms with Crippen molar-refractivity contribution in [3.8, 4) is 0 Å². The van der Waals surface area contributed by atoms with Gasteiger partial charge in [-0.2, -0.15) is 0 Å². The van der Waals surface area contributed by atoms with Crippen molar-refractivity contribution in [1.82, 2.24) is 5.32 Å². The average Bonchev–Trinajstić information content (AvgIpc) is 2.42. The van der Waals surface area contributed by atoms with E-state index in [0.717, 1.165) is 19.3 Å². The van der Waals surface area contributed by atoms with E-state index in [1.54, 1.807) is 25.1 Å². The molecule has 20 heavy (non-hydrogen) atoms. The molecule has 0 spiro atoms. The molecule has 0 aliphatic heterocycles. The summed E-state index contributed by atoms with van der Waals surface area (Å²) in [5.74, 6) is 0.370. The Morgan fingerprint density at radius 2 is 2.00 bits per heavy atom. The second-order valence-corrected chi connectivity index (χ2v) is 6.21. The average molecular weight is 277 g/mol. The zero-order chi connectivity index (χ0) is 14.7. The van der Waals surface area contributed by atoms with Gasteiger partial charge in [0.2, 0.25) is 0 Å². The van der Waals surface area contributed by atoms with Crippen LogP contribution >= 0.6 is 0 Å². The Morgan fingerprint density at radius 3 is 2.70 bits per heavy atom. The molecular formula is C17H24FNO. The number of rotatable bonds is 3. The Hall–Kier alpha value is -1.38. The third kappa shape index (κ3) is 3.20. The van der Waals surface area contributed by atoms with E-state index in [1.807, 2.05) is 0 Å². The lowest BCUT2D eigenvalue weighted by Gasteiger charge is -2.35. The van der Waals surface area contributed by atoms with Crippen LogP contribution in [0.3, 0.4) is 0 Å². The lowest BCUT2D eigenvalue weighted by atomic mass is 9.78. The number of aryl methyl sites for hydroxylation is 1. The Labute approximate surface area is 120 Å². The number of benzene rings is 1. The quantitative estimate of drug-likeness (QED) is 0.886. The maximum Gasteiger partial charge on any atom is 0.254 e. The maximum atomic E-state index is 14.0. The Morgan fingerprint density at radius 1 is 1.30 bits per heavy atom. The van der Waals surface area contributed by atoms with Crippen LogP contribution in [0.5, 0.6) is 0 Å². The fourth-order valence-corrected chi connectivity index (χ4v) is 3.21. The van der Waals surface area contributed by atoms with E-state index in [-0.39, 0.29) is 17.5 Å². The van der Waals surface area contributed by atoms with E-state index in [2.05, 4.69) is 19.2 Å². The SMILES string of the molecule is Cc1cccc(C(=O)NC2CCCCC2C(C)C)c1F. The van der Waals surface area contributed by atoms with Crippen LogP contribution in [-0.2, 0) is 0 Å². The number of hydrogen-bond donors (Lipinski definition) is 1. The molecule has 1 aliphatic carbocycles. The largest absolute Gasteiger partial charge is 0.349 e. The van der Waals surface area contributed by atoms with Crippen molar-refractivity contribution in [1.29, 1.82) is 0 Å². The predicted octanol–water partition coefficient (Wildman–Crippen LogP) is 4.08. The number of amides is 1. The minimum Gasteiger partial charge on any atom is -0.349 e. The van der Waals surface area contributed by atoms with Crippen molar-refractivity contribution in [2.24, 2.45) is 11.8 Å². The highest BCUT2D eigenvalue weighted by Gasteiger charge is 2.29. The molecule has 0 aromatic heterocycles. The first-order valence-electron chi connectivity index (χ1n) is 7.56. The Balaban J connectivity index is 2.12. The molecule has 2 nitrogen and oxygen atoms in total. The van der Waals surface area contributed by atoms with Crippen molar-refractivity contribution in [3.63, 3.8) is 0 Å². The summed E-state index contributed by atoms with van der Waals surface area (Å²) >= 11 is 0. The minimum atomic E-state index is -0.401. The van der Waals surface area contributed by atoms with E-state index < -0.39 is 5.82 Å². The zero-order valence-electron chi connectivity index (χ0n) is 12.6. The first-order valence-corrected chi connectivity index (χ1v) is 7.56. The zero-order valence-corrected chi connectivity index (χ0v) is 12.6. The van der Waals surface area contributed by atoms with E-state index in [1.165, 1.54) is 6.42 Å². The molecule has 0 bridgehead atoms. The highest BCUT2D eigenvalue weighted by Crippen LogP contribution is 2.30. The molecular weight excluding hydrogens is 253 g/mol. The predicted molar refractivity (Wildman–Crippen MR) is 79.2 cm³/mol. The van der Waals surface area contributed by atoms with Gasteiger partial charge in [-0.05, 0) is 43.2 Å². The number of carbonyl (C=O) groups excluding carboxylic acids is 1. The van der Waals surface area contributed by atoms with Gasteiger partial charge in [0.25, 0.3) is 5.91 Å². The van der Waals surface area contributed by atoms with Gasteiger partial charge in [-0.25, -0.2) is 4.39 Å². The van der Waals surface area contributed by atoms with Crippen LogP contribution < -0.4 is 5.32 Å². The van der Waals surface area contributed by atoms with Crippen LogP contribution in [0.15, 0.2) is 18.2 Å². The summed E-state index contributed by atoms with van der Waals surface area (Å²) in [6.45, 7) is 6.08. The molecule has 2 rings (SSSR count). The number of nitrogens with one attached hydrogen (secondary N) is 1. The molecule has 110 valence electrons. The monoisotopic (exact) mass is 277 g/mol. The van der Waals surface area contributed by atoms with Crippen molar-refractivity contribution in [2.75, 3.05) is 0 Å². The van der Waals surface area contributed by atoms with Gasteiger partial charge in [-0.15, -0.1) is 0 Å². The second-order valence-electron chi connectivity index (χ2n) is 6.21. The number of halogens is 1. The third-order valence-electron chi connectivity index (χ3n) is 4.43. The normalized spacial score (nSPS) is 22.9. The van der Waals surface area contributed by atoms with Gasteiger partial charge in [0.15, 0.2) is 0 Å². The lowest BCUT2D eigenvalue weighted by molar-refractivity contribution is 0.0885. The first-order chi connectivity index (χ1) is 9.50. The van der Waals surface area contributed by atoms with Gasteiger partial charge in [-0.3, -0.25) is 4.79 Å². The first kappa shape index (κ1) is 15.0. The molecule has 1 aromatic carbocycles. The molecule has 1 aliphatic rings. The van der Waals surface area contributed by atoms with Crippen molar-refractivity contribution >= 4 is 5.91 Å². The van der Waals surface area contributed by atoms with Gasteiger partial charge in [0.1, 0.15) is 5.82 Å². The molecule has 3 heteroatoms. The smallest absolute Gasteiger partial charge is 0.254 e. The molecule has 1 N–H and O–H groups in total. The molecule has 2 unspecified atom stereocenters. The molecule has 2 atom stereocenters. The van der Waals surface area contributed by atoms with E-state index in [4.69, 9.17) is 0 Å². The maximum absolute atomic E-state index is 14.0. The molecule has 1 fully saturated rings. The molecule has 1 amide bonds. The topological polar surface area (TPSA) is 29.1 Å². The fourth-order valence-electron chi connectivity index (χ4n) is 3.21. The van der Waals surface area contributed by atoms with Crippen molar-refractivity contribution < 1.29 is 9.18 Å². The number of carbonyl (C=O) groups is 1. The minimum absolute atomic E-state index is 0.165. The van der Waals surface area contributed by atoms with Crippen LogP contribution in [0, 0.1) is 24.6 Å². The van der Waals surface area contributed by atoms with Crippen LogP contribution in [0.25, 0.3) is 0 Å². The summed E-state index contributed by atoms with van der Waals surface area (Å²) in [4.78, 5) is 12.3. The molecule has 1 saturated carbocycles. The third-order valence-corrected chi connectivity index (χ3v) is 4.43. The summed E-state index contributed by atoms with van der Waals surface area (Å²) in [5.41, 5.74) is 0.680. The highest BCUT2D eigenvalue weighted by molar-refractivity contribution is 5.94. The van der Waals surface area contributed by atoms with E-state index in [0.29, 0.717) is 17.4 Å². The summed E-state index contributed by atoms with van der Waals surface area (Å²) < 4.78 is 14.0. The summed E-state index contributed by atoms with van der Waals surface area (Å²) in [5, 5.41) is 3.06. The van der Waals surface area contributed by atoms with Crippen LogP contribution in [-0.4, -0.2) is 11.9 Å². The molecule has 0 radical (unpaired) electrons. The van der Waals surface area contributed by atoms with Gasteiger partial charge in [0, 0.05) is 6.04 Å². The highest BCUT2D eigenvalue weighted by atomic mass is 19.1. The van der Waals surface area contributed by atoms with E-state index >= 15 is 0 Å². The van der Waals surface area contributed by atoms with Gasteiger partial charge >= 0.3 is 0 Å². The Kier molecular flexibility index (Phi) is 4.79. The molecule has 1 aromatic rings. The lowest BCUT2D eigenvalue weighted by Crippen LogP contribution is -2.44. The summed E-state index contributed by atoms with van der Waals surface area (Å²) in [6, 6.07) is 5.15. The standard InChI is InChI=1S/C17H24FNO/c1-11(2)13-8-4-5-10-15(13)19-17(20)14-9-6-7-12(3)16(14)18/h6-7,9,11,13,15H,4-5,8,10H2,1-3H3,(H,19,20). The van der Waals surface area contributed by atoms with Gasteiger partial charge < -0.3 is 5.32 Å². The Bertz CT molecular complexity index is 484. The summed E-state index contributed by atoms with van der Waals surface area (Å²) in [6.07, 6.45) is 4.53. The molecule has 0 saturated heterocycles. The fraction of sp³-hybridized carbons (Fsp3) is 0.588. The van der Waals surface area contributed by atoms with Gasteiger partial charge in [0.05, 0.1) is 5.56 Å². The molecule has 0 heterocycles. The van der Waals surface area contributed by atoms with Crippen LogP contribution in [0.2, 0.25) is 0 Å². The van der Waals surface area contributed by atoms with E-state index in [9.17, 15) is 9.18 Å². The summed E-state index contributed by atoms with van der Waals surface area (Å²) in [7, 11) is 0. The number of hydrogen-bond acceptors (Lipinski definition) is 1. The van der Waals surface area contributed by atoms with Gasteiger partial charge in [-0.1, -0.05) is 38.8 Å². The van der Waals surface area contributed by atoms with Crippen LogP contribution in [0.4, 0.5) is 4.39 Å². The van der Waals surface area contributed by atoms with Crippen molar-refractivity contribution in [2.45, 2.75) is 52.5 Å². The van der Waals surface area contributed by atoms with Crippen molar-refractivity contribution in [3.05, 3.63) is 35.1 Å². The van der Waals surface area contributed by atoms with Crippen LogP contribution in [0.1, 0.15) is 55.5 Å². The second kappa shape index (κ2) is 6.38.